The molecule has 0 saturated heterocycles. The van der Waals surface area contributed by atoms with Crippen molar-refractivity contribution in [1.82, 2.24) is 4.90 Å². The van der Waals surface area contributed by atoms with Crippen molar-refractivity contribution in [2.45, 2.75) is 13.3 Å². The summed E-state index contributed by atoms with van der Waals surface area (Å²) in [6.45, 7) is 2.10. The zero-order valence-electron chi connectivity index (χ0n) is 8.14. The Labute approximate surface area is 88.4 Å². The zero-order valence-corrected chi connectivity index (χ0v) is 8.95. The van der Waals surface area contributed by atoms with Crippen molar-refractivity contribution < 1.29 is 14.1 Å². The molecule has 6 heteroatoms. The van der Waals surface area contributed by atoms with Gasteiger partial charge in [-0.2, -0.15) is 0 Å². The molecule has 0 radical (unpaired) electrons. The predicted octanol–water partition coefficient (Wildman–Crippen LogP) is -0.227. The summed E-state index contributed by atoms with van der Waals surface area (Å²) in [4.78, 5) is 16.5. The Bertz CT molecular complexity index is 528. The first kappa shape index (κ1) is 9.97. The molecule has 0 aromatic carbocycles. The molecule has 0 aromatic rings. The molecule has 15 heavy (non-hydrogen) atoms. The molecule has 80 valence electrons. The average Bonchev–Trinajstić information content (AvgIpc) is 2.56. The third-order valence-electron chi connectivity index (χ3n) is 2.24. The molecular weight excluding hydrogens is 216 g/mol. The van der Waals surface area contributed by atoms with E-state index in [1.807, 2.05) is 13.0 Å². The minimum atomic E-state index is -1.61. The number of aliphatic carboxylic acids is 1. The quantitative estimate of drug-likeness (QED) is 0.660. The van der Waals surface area contributed by atoms with Gasteiger partial charge in [0.05, 0.1) is 16.5 Å². The number of fused-ring (bicyclic) bond motifs is 1. The highest BCUT2D eigenvalue weighted by atomic mass is 32.1. The fraction of sp³-hybridized carbons (Fsp3) is 0.333. The van der Waals surface area contributed by atoms with Crippen molar-refractivity contribution in [3.05, 3.63) is 12.3 Å². The number of rotatable bonds is 2. The molecule has 0 fully saturated rings. The Balaban J connectivity index is 2.54. The summed E-state index contributed by atoms with van der Waals surface area (Å²) < 4.78 is 11.7. The van der Waals surface area contributed by atoms with Gasteiger partial charge in [0.2, 0.25) is 5.11 Å². The summed E-state index contributed by atoms with van der Waals surface area (Å²) in [5, 5.41) is 9.15. The van der Waals surface area contributed by atoms with E-state index in [1.165, 1.54) is 0 Å². The van der Waals surface area contributed by atoms with Crippen molar-refractivity contribution >= 4 is 31.6 Å². The molecule has 2 aliphatic heterocycles. The van der Waals surface area contributed by atoms with E-state index in [2.05, 4.69) is 4.99 Å². The van der Waals surface area contributed by atoms with Crippen molar-refractivity contribution in [2.24, 2.45) is 4.99 Å². The number of nitrogens with zero attached hydrogens (tertiary/aromatic N) is 2. The smallest absolute Gasteiger partial charge is 0.346 e. The van der Waals surface area contributed by atoms with E-state index in [-0.39, 0.29) is 11.4 Å². The van der Waals surface area contributed by atoms with Crippen LogP contribution in [0.2, 0.25) is 0 Å². The number of aliphatic imine (C=N–C) groups is 1. The second kappa shape index (κ2) is 3.54. The van der Waals surface area contributed by atoms with Crippen molar-refractivity contribution in [1.29, 1.82) is 0 Å². The van der Waals surface area contributed by atoms with E-state index in [1.54, 1.807) is 11.1 Å². The molecule has 0 saturated carbocycles. The normalized spacial score (nSPS) is 19.4. The van der Waals surface area contributed by atoms with Crippen LogP contribution in [0.4, 0.5) is 0 Å². The van der Waals surface area contributed by atoms with E-state index in [9.17, 15) is 9.00 Å². The molecule has 2 rings (SSSR count). The van der Waals surface area contributed by atoms with Gasteiger partial charge >= 0.3 is 5.97 Å². The lowest BCUT2D eigenvalue weighted by Gasteiger charge is -2.17. The molecule has 0 amide bonds. The largest absolute Gasteiger partial charge is 0.477 e. The Morgan fingerprint density at radius 3 is 3.07 bits per heavy atom. The van der Waals surface area contributed by atoms with Crippen LogP contribution in [0.15, 0.2) is 17.3 Å². The Morgan fingerprint density at radius 2 is 2.47 bits per heavy atom. The van der Waals surface area contributed by atoms with Crippen LogP contribution in [0.5, 0.6) is 0 Å². The molecule has 2 heterocycles. The summed E-state index contributed by atoms with van der Waals surface area (Å²) >= 11 is 0. The maximum Gasteiger partial charge on any atom is 0.346 e. The summed E-state index contributed by atoms with van der Waals surface area (Å²) in [5.41, 5.74) is 0.821. The highest BCUT2D eigenvalue weighted by molar-refractivity contribution is 7.86. The van der Waals surface area contributed by atoms with Gasteiger partial charge in [-0.15, -0.1) is 0 Å². The molecule has 2 aliphatic rings. The van der Waals surface area contributed by atoms with E-state index >= 15 is 0 Å². The Hall–Kier alpha value is -1.56. The summed E-state index contributed by atoms with van der Waals surface area (Å²) in [7, 11) is -1.61. The third-order valence-corrected chi connectivity index (χ3v) is 3.64. The van der Waals surface area contributed by atoms with Gasteiger partial charge in [-0.3, -0.25) is 0 Å². The molecule has 0 spiro atoms. The lowest BCUT2D eigenvalue weighted by atomic mass is 10.2. The first-order chi connectivity index (χ1) is 7.13. The van der Waals surface area contributed by atoms with E-state index in [0.717, 1.165) is 12.1 Å². The van der Waals surface area contributed by atoms with Gasteiger partial charge < -0.3 is 10.0 Å². The summed E-state index contributed by atoms with van der Waals surface area (Å²) in [5.74, 6) is -1.11. The molecule has 1 N–H and O–H groups in total. The van der Waals surface area contributed by atoms with Crippen LogP contribution in [-0.2, 0) is 14.8 Å². The van der Waals surface area contributed by atoms with Crippen LogP contribution in [0, 0.1) is 0 Å². The Morgan fingerprint density at radius 1 is 1.73 bits per heavy atom. The van der Waals surface area contributed by atoms with Gasteiger partial charge in [0.15, 0.2) is 0 Å². The highest BCUT2D eigenvalue weighted by Crippen LogP contribution is 2.09. The first-order valence-corrected chi connectivity index (χ1v) is 5.68. The SMILES string of the molecule is CCC1=NC2=S(=O)=C(C(=O)O)CN2C=C1. The molecule has 0 unspecified atom stereocenters. The number of hydrogen-bond acceptors (Lipinski definition) is 4. The minimum absolute atomic E-state index is 0.00393. The second-order valence-corrected chi connectivity index (χ2v) is 4.58. The van der Waals surface area contributed by atoms with Crippen LogP contribution in [0.1, 0.15) is 13.3 Å². The second-order valence-electron chi connectivity index (χ2n) is 3.18. The van der Waals surface area contributed by atoms with Crippen molar-refractivity contribution in [2.75, 3.05) is 6.54 Å². The van der Waals surface area contributed by atoms with E-state index in [0.29, 0.717) is 5.11 Å². The minimum Gasteiger partial charge on any atom is -0.477 e. The average molecular weight is 226 g/mol. The van der Waals surface area contributed by atoms with Crippen LogP contribution in [0.25, 0.3) is 0 Å². The van der Waals surface area contributed by atoms with E-state index < -0.39 is 15.9 Å². The van der Waals surface area contributed by atoms with Gasteiger partial charge in [0.1, 0.15) is 4.86 Å². The topological polar surface area (TPSA) is 70.0 Å². The monoisotopic (exact) mass is 226 g/mol. The molecule has 0 bridgehead atoms. The number of carbonyl (C=O) groups is 1. The number of carboxylic acid groups (broad SMARTS) is 1. The van der Waals surface area contributed by atoms with Crippen LogP contribution in [0.3, 0.4) is 0 Å². The number of carboxylic acids is 1. The number of hydrogen-bond donors (Lipinski definition) is 1. The fourth-order valence-electron chi connectivity index (χ4n) is 1.40. The van der Waals surface area contributed by atoms with E-state index in [4.69, 9.17) is 5.11 Å². The van der Waals surface area contributed by atoms with Crippen LogP contribution >= 0.6 is 0 Å². The zero-order chi connectivity index (χ0) is 11.0. The van der Waals surface area contributed by atoms with Gasteiger partial charge in [-0.1, -0.05) is 6.92 Å². The van der Waals surface area contributed by atoms with Gasteiger partial charge in [-0.25, -0.2) is 14.0 Å². The standard InChI is InChI=1S/C9H10N2O3S/c1-2-6-3-4-11-5-7(8(12)13)15(14)9(11)10-6/h3-4H,2,5H2,1H3,(H,12,13). The Kier molecular flexibility index (Phi) is 2.36. The maximum atomic E-state index is 11.7. The predicted molar refractivity (Wildman–Crippen MR) is 59.4 cm³/mol. The molecule has 0 aliphatic carbocycles. The maximum absolute atomic E-state index is 11.7. The molecule has 5 nitrogen and oxygen atoms in total. The first-order valence-electron chi connectivity index (χ1n) is 4.53. The lowest BCUT2D eigenvalue weighted by molar-refractivity contribution is -0.129. The van der Waals surface area contributed by atoms with Crippen LogP contribution in [-0.4, -0.2) is 42.4 Å². The third kappa shape index (κ3) is 1.56. The van der Waals surface area contributed by atoms with Crippen LogP contribution < -0.4 is 0 Å². The van der Waals surface area contributed by atoms with Gasteiger partial charge in [-0.05, 0) is 12.5 Å². The summed E-state index contributed by atoms with van der Waals surface area (Å²) in [6.07, 6.45) is 4.29. The molecule has 0 aromatic heterocycles. The fourth-order valence-corrected chi connectivity index (χ4v) is 2.57. The highest BCUT2D eigenvalue weighted by Gasteiger charge is 2.26. The number of allylic oxidation sites excluding steroid dienone is 1. The summed E-state index contributed by atoms with van der Waals surface area (Å²) in [6, 6.07) is 0. The van der Waals surface area contributed by atoms with Gasteiger partial charge in [0, 0.05) is 11.9 Å². The lowest BCUT2D eigenvalue weighted by Crippen LogP contribution is -2.29. The van der Waals surface area contributed by atoms with Crippen molar-refractivity contribution in [3.8, 4) is 0 Å². The molecule has 0 atom stereocenters. The molecular formula is C9H10N2O3S. The van der Waals surface area contributed by atoms with Crippen molar-refractivity contribution in [3.63, 3.8) is 0 Å². The van der Waals surface area contributed by atoms with Gasteiger partial charge in [0.25, 0.3) is 0 Å².